The molecule has 0 spiro atoms. The molecule has 19 heavy (non-hydrogen) atoms. The van der Waals surface area contributed by atoms with Gasteiger partial charge < -0.3 is 5.73 Å². The van der Waals surface area contributed by atoms with Crippen LogP contribution in [-0.2, 0) is 11.3 Å². The van der Waals surface area contributed by atoms with Crippen LogP contribution in [-0.4, -0.2) is 11.4 Å². The van der Waals surface area contributed by atoms with E-state index in [1.807, 2.05) is 6.07 Å². The molecule has 1 amide bonds. The molecule has 3 nitrogen and oxygen atoms in total. The molecule has 1 aliphatic rings. The second kappa shape index (κ2) is 6.53. The number of nitrogens with one attached hydrogen (secondary N) is 1. The Bertz CT molecular complexity index is 404. The van der Waals surface area contributed by atoms with Crippen molar-refractivity contribution < 1.29 is 4.79 Å². The van der Waals surface area contributed by atoms with Gasteiger partial charge in [-0.2, -0.15) is 0 Å². The van der Waals surface area contributed by atoms with Gasteiger partial charge in [-0.25, -0.2) is 0 Å². The minimum atomic E-state index is -0.492. The fraction of sp³-hybridized carbons (Fsp3) is 0.667. The first kappa shape index (κ1) is 14.5. The lowest BCUT2D eigenvalue weighted by Gasteiger charge is -2.30. The summed E-state index contributed by atoms with van der Waals surface area (Å²) in [5.74, 6) is 0.575. The Balaban J connectivity index is 2.02. The third kappa shape index (κ3) is 3.57. The van der Waals surface area contributed by atoms with Crippen molar-refractivity contribution in [3.8, 4) is 0 Å². The lowest BCUT2D eigenvalue weighted by atomic mass is 9.88. The molecular weight excluding hydrogens is 256 g/mol. The van der Waals surface area contributed by atoms with Crippen molar-refractivity contribution >= 4 is 17.2 Å². The number of rotatable bonds is 5. The number of carbonyl (C=O) groups is 1. The number of carbonyl (C=O) groups excluding carboxylic acids is 1. The molecule has 4 heteroatoms. The van der Waals surface area contributed by atoms with Crippen molar-refractivity contribution in [2.24, 2.45) is 11.7 Å². The van der Waals surface area contributed by atoms with Gasteiger partial charge in [-0.15, -0.1) is 11.3 Å². The molecule has 2 rings (SSSR count). The summed E-state index contributed by atoms with van der Waals surface area (Å²) < 4.78 is 0. The second-order valence-corrected chi connectivity index (χ2v) is 6.62. The summed E-state index contributed by atoms with van der Waals surface area (Å²) in [5.41, 5.74) is 5.21. The quantitative estimate of drug-likeness (QED) is 0.814. The SMILES string of the molecule is CCC1CCCC(NCc2cccs2)(C(N)=O)CC1. The van der Waals surface area contributed by atoms with Gasteiger partial charge in [0.25, 0.3) is 0 Å². The maximum absolute atomic E-state index is 11.9. The summed E-state index contributed by atoms with van der Waals surface area (Å²) >= 11 is 1.72. The normalized spacial score (nSPS) is 27.9. The van der Waals surface area contributed by atoms with Gasteiger partial charge in [-0.05, 0) is 36.6 Å². The maximum atomic E-state index is 11.9. The molecule has 0 saturated heterocycles. The number of hydrogen-bond donors (Lipinski definition) is 2. The van der Waals surface area contributed by atoms with Crippen molar-refractivity contribution in [3.05, 3.63) is 22.4 Å². The molecule has 2 atom stereocenters. The van der Waals surface area contributed by atoms with Crippen LogP contribution in [0.15, 0.2) is 17.5 Å². The zero-order chi connectivity index (χ0) is 13.7. The summed E-state index contributed by atoms with van der Waals surface area (Å²) in [7, 11) is 0. The van der Waals surface area contributed by atoms with E-state index in [1.54, 1.807) is 11.3 Å². The first-order valence-corrected chi connectivity index (χ1v) is 8.11. The first-order valence-electron chi connectivity index (χ1n) is 7.23. The van der Waals surface area contributed by atoms with E-state index >= 15 is 0 Å². The fourth-order valence-electron chi connectivity index (χ4n) is 3.00. The van der Waals surface area contributed by atoms with Gasteiger partial charge in [0, 0.05) is 11.4 Å². The van der Waals surface area contributed by atoms with Crippen LogP contribution in [0.25, 0.3) is 0 Å². The molecule has 0 aromatic carbocycles. The molecule has 3 N–H and O–H groups in total. The Kier molecular flexibility index (Phi) is 4.99. The van der Waals surface area contributed by atoms with E-state index < -0.39 is 5.54 Å². The van der Waals surface area contributed by atoms with Gasteiger partial charge in [-0.3, -0.25) is 10.1 Å². The van der Waals surface area contributed by atoms with Gasteiger partial charge in [0.2, 0.25) is 5.91 Å². The van der Waals surface area contributed by atoms with E-state index in [0.29, 0.717) is 0 Å². The summed E-state index contributed by atoms with van der Waals surface area (Å²) in [6.07, 6.45) is 6.40. The summed E-state index contributed by atoms with van der Waals surface area (Å²) in [6, 6.07) is 4.14. The lowest BCUT2D eigenvalue weighted by molar-refractivity contribution is -0.125. The van der Waals surface area contributed by atoms with Crippen LogP contribution in [0, 0.1) is 5.92 Å². The molecule has 1 aromatic heterocycles. The Morgan fingerprint density at radius 1 is 1.53 bits per heavy atom. The van der Waals surface area contributed by atoms with Crippen LogP contribution in [0.3, 0.4) is 0 Å². The predicted molar refractivity (Wildman–Crippen MR) is 80.0 cm³/mol. The van der Waals surface area contributed by atoms with Crippen molar-refractivity contribution in [2.75, 3.05) is 0 Å². The van der Waals surface area contributed by atoms with Crippen molar-refractivity contribution in [3.63, 3.8) is 0 Å². The second-order valence-electron chi connectivity index (χ2n) is 5.58. The lowest BCUT2D eigenvalue weighted by Crippen LogP contribution is -2.54. The standard InChI is InChI=1S/C15H24N2OS/c1-2-12-5-3-8-15(9-7-12,14(16)18)17-11-13-6-4-10-19-13/h4,6,10,12,17H,2-3,5,7-9,11H2,1H3,(H2,16,18). The molecular formula is C15H24N2OS. The van der Waals surface area contributed by atoms with Gasteiger partial charge in [0.15, 0.2) is 0 Å². The van der Waals surface area contributed by atoms with E-state index in [4.69, 9.17) is 5.73 Å². The van der Waals surface area contributed by atoms with Crippen LogP contribution in [0.1, 0.15) is 50.3 Å². The third-order valence-electron chi connectivity index (χ3n) is 4.43. The molecule has 106 valence electrons. The van der Waals surface area contributed by atoms with E-state index in [9.17, 15) is 4.79 Å². The number of hydrogen-bond acceptors (Lipinski definition) is 3. The Labute approximate surface area is 119 Å². The number of thiophene rings is 1. The zero-order valence-corrected chi connectivity index (χ0v) is 12.5. The van der Waals surface area contributed by atoms with Gasteiger partial charge in [0.1, 0.15) is 0 Å². The first-order chi connectivity index (χ1) is 9.16. The van der Waals surface area contributed by atoms with Crippen molar-refractivity contribution in [1.82, 2.24) is 5.32 Å². The largest absolute Gasteiger partial charge is 0.368 e. The van der Waals surface area contributed by atoms with Crippen molar-refractivity contribution in [2.45, 2.75) is 57.5 Å². The number of nitrogens with two attached hydrogens (primary N) is 1. The van der Waals surface area contributed by atoms with E-state index in [-0.39, 0.29) is 5.91 Å². The smallest absolute Gasteiger partial charge is 0.237 e. The minimum absolute atomic E-state index is 0.180. The fourth-order valence-corrected chi connectivity index (χ4v) is 3.64. The molecule has 1 heterocycles. The average molecular weight is 280 g/mol. The molecule has 2 unspecified atom stereocenters. The highest BCUT2D eigenvalue weighted by molar-refractivity contribution is 7.09. The highest BCUT2D eigenvalue weighted by atomic mass is 32.1. The highest BCUT2D eigenvalue weighted by Crippen LogP contribution is 2.32. The van der Waals surface area contributed by atoms with E-state index in [0.717, 1.165) is 38.1 Å². The average Bonchev–Trinajstić information content (AvgIpc) is 2.82. The van der Waals surface area contributed by atoms with Crippen LogP contribution in [0.2, 0.25) is 0 Å². The third-order valence-corrected chi connectivity index (χ3v) is 5.30. The molecule has 1 aromatic rings. The number of amides is 1. The van der Waals surface area contributed by atoms with Crippen LogP contribution in [0.5, 0.6) is 0 Å². The summed E-state index contributed by atoms with van der Waals surface area (Å²) in [4.78, 5) is 13.2. The Morgan fingerprint density at radius 3 is 3.00 bits per heavy atom. The van der Waals surface area contributed by atoms with Gasteiger partial charge in [0.05, 0.1) is 5.54 Å². The highest BCUT2D eigenvalue weighted by Gasteiger charge is 2.37. The van der Waals surface area contributed by atoms with Crippen LogP contribution < -0.4 is 11.1 Å². The molecule has 1 fully saturated rings. The molecule has 1 saturated carbocycles. The summed E-state index contributed by atoms with van der Waals surface area (Å²) in [5, 5.41) is 5.52. The zero-order valence-electron chi connectivity index (χ0n) is 11.7. The van der Waals surface area contributed by atoms with E-state index in [1.165, 1.54) is 17.7 Å². The predicted octanol–water partition coefficient (Wildman–Crippen LogP) is 3.05. The summed E-state index contributed by atoms with van der Waals surface area (Å²) in [6.45, 7) is 2.98. The molecule has 1 aliphatic carbocycles. The number of primary amides is 1. The van der Waals surface area contributed by atoms with Gasteiger partial charge >= 0.3 is 0 Å². The maximum Gasteiger partial charge on any atom is 0.237 e. The minimum Gasteiger partial charge on any atom is -0.368 e. The monoisotopic (exact) mass is 280 g/mol. The molecule has 0 radical (unpaired) electrons. The van der Waals surface area contributed by atoms with Crippen LogP contribution in [0.4, 0.5) is 0 Å². The topological polar surface area (TPSA) is 55.1 Å². The van der Waals surface area contributed by atoms with E-state index in [2.05, 4.69) is 23.7 Å². The van der Waals surface area contributed by atoms with Gasteiger partial charge in [-0.1, -0.05) is 32.3 Å². The molecule has 0 bridgehead atoms. The molecule has 0 aliphatic heterocycles. The Hall–Kier alpha value is -0.870. The van der Waals surface area contributed by atoms with Crippen molar-refractivity contribution in [1.29, 1.82) is 0 Å². The van der Waals surface area contributed by atoms with Crippen LogP contribution >= 0.6 is 11.3 Å². The Morgan fingerprint density at radius 2 is 2.37 bits per heavy atom.